The summed E-state index contributed by atoms with van der Waals surface area (Å²) in [5.74, 6) is 0. The number of nitrogens with one attached hydrogen (secondary N) is 1. The highest BCUT2D eigenvalue weighted by Crippen LogP contribution is 2.34. The smallest absolute Gasteiger partial charge is 0.244 e. The number of aromatic nitrogens is 2. The first-order chi connectivity index (χ1) is 13.8. The van der Waals surface area contributed by atoms with Crippen LogP contribution < -0.4 is 5.32 Å². The highest BCUT2D eigenvalue weighted by Gasteiger charge is 2.24. The molecule has 11 heteroatoms. The first-order valence-electron chi connectivity index (χ1n) is 8.81. The van der Waals surface area contributed by atoms with E-state index in [9.17, 15) is 13.5 Å². The Balaban J connectivity index is 1.83. The third kappa shape index (κ3) is 5.03. The van der Waals surface area contributed by atoms with E-state index >= 15 is 0 Å². The van der Waals surface area contributed by atoms with Crippen molar-refractivity contribution in [3.05, 3.63) is 46.7 Å². The van der Waals surface area contributed by atoms with Gasteiger partial charge >= 0.3 is 0 Å². The molecule has 8 nitrogen and oxygen atoms in total. The van der Waals surface area contributed by atoms with Crippen LogP contribution in [0, 0.1) is 0 Å². The minimum Gasteiger partial charge on any atom is -0.396 e. The van der Waals surface area contributed by atoms with Crippen LogP contribution in [0.15, 0.2) is 35.4 Å². The number of nitrogens with zero attached hydrogens (tertiary/aromatic N) is 3. The fourth-order valence-corrected chi connectivity index (χ4v) is 5.37. The third-order valence-electron chi connectivity index (χ3n) is 4.25. The Morgan fingerprint density at radius 2 is 2.07 bits per heavy atom. The molecule has 0 amide bonds. The zero-order valence-corrected chi connectivity index (χ0v) is 18.1. The second kappa shape index (κ2) is 9.33. The van der Waals surface area contributed by atoms with Crippen molar-refractivity contribution < 1.29 is 18.6 Å². The van der Waals surface area contributed by atoms with E-state index in [2.05, 4.69) is 15.3 Å². The molecular formula is C18H21ClN4O4S2. The minimum atomic E-state index is -3.77. The zero-order valence-electron chi connectivity index (χ0n) is 15.7. The number of sulfonamides is 1. The first kappa shape index (κ1) is 21.9. The van der Waals surface area contributed by atoms with Crippen molar-refractivity contribution >= 4 is 48.3 Å². The summed E-state index contributed by atoms with van der Waals surface area (Å²) in [5, 5.41) is 22.0. The van der Waals surface area contributed by atoms with Gasteiger partial charge in [0.25, 0.3) is 0 Å². The highest BCUT2D eigenvalue weighted by atomic mass is 35.5. The van der Waals surface area contributed by atoms with Gasteiger partial charge in [0.2, 0.25) is 10.0 Å². The Hall–Kier alpha value is -1.82. The Morgan fingerprint density at radius 1 is 1.28 bits per heavy atom. The largest absolute Gasteiger partial charge is 0.396 e. The Kier molecular flexibility index (Phi) is 7.04. The van der Waals surface area contributed by atoms with E-state index in [4.69, 9.17) is 16.7 Å². The number of benzene rings is 1. The lowest BCUT2D eigenvalue weighted by molar-refractivity contribution is 0.275. The molecule has 0 bridgehead atoms. The quantitative estimate of drug-likeness (QED) is 0.453. The second-order valence-electron chi connectivity index (χ2n) is 6.34. The molecule has 0 spiro atoms. The molecule has 0 unspecified atom stereocenters. The molecule has 1 aromatic carbocycles. The summed E-state index contributed by atoms with van der Waals surface area (Å²) in [6.07, 6.45) is 1.97. The van der Waals surface area contributed by atoms with Crippen molar-refractivity contribution in [3.63, 3.8) is 0 Å². The highest BCUT2D eigenvalue weighted by molar-refractivity contribution is 7.89. The summed E-state index contributed by atoms with van der Waals surface area (Å²) in [4.78, 5) is 8.53. The van der Waals surface area contributed by atoms with E-state index in [0.717, 1.165) is 5.56 Å². The summed E-state index contributed by atoms with van der Waals surface area (Å²) >= 11 is 7.57. The molecule has 0 saturated heterocycles. The van der Waals surface area contributed by atoms with Crippen molar-refractivity contribution in [3.8, 4) is 0 Å². The van der Waals surface area contributed by atoms with Crippen LogP contribution in [0.5, 0.6) is 0 Å². The van der Waals surface area contributed by atoms with Crippen molar-refractivity contribution in [2.75, 3.05) is 25.5 Å². The number of hydrogen-bond donors (Lipinski definition) is 3. The van der Waals surface area contributed by atoms with Crippen LogP contribution in [-0.2, 0) is 23.2 Å². The molecule has 0 atom stereocenters. The number of anilines is 1. The lowest BCUT2D eigenvalue weighted by atomic mass is 10.2. The molecule has 0 radical (unpaired) electrons. The molecule has 2 aromatic heterocycles. The molecule has 0 saturated carbocycles. The summed E-state index contributed by atoms with van der Waals surface area (Å²) in [7, 11) is -2.31. The zero-order chi connectivity index (χ0) is 21.0. The van der Waals surface area contributed by atoms with E-state index in [-0.39, 0.29) is 29.7 Å². The third-order valence-corrected chi connectivity index (χ3v) is 7.55. The molecule has 0 aliphatic carbocycles. The van der Waals surface area contributed by atoms with Crippen LogP contribution in [0.1, 0.15) is 17.7 Å². The predicted molar refractivity (Wildman–Crippen MR) is 114 cm³/mol. The second-order valence-corrected chi connectivity index (χ2v) is 9.79. The van der Waals surface area contributed by atoms with Gasteiger partial charge in [-0.1, -0.05) is 22.9 Å². The molecule has 3 aromatic rings. The van der Waals surface area contributed by atoms with Crippen LogP contribution in [0.2, 0.25) is 5.02 Å². The van der Waals surface area contributed by atoms with Crippen LogP contribution in [0.3, 0.4) is 0 Å². The van der Waals surface area contributed by atoms with Gasteiger partial charge in [0.05, 0.1) is 27.5 Å². The number of aliphatic hydroxyl groups is 2. The Labute approximate surface area is 177 Å². The lowest BCUT2D eigenvalue weighted by Crippen LogP contribution is -2.28. The molecule has 0 aliphatic heterocycles. The standard InChI is InChI=1S/C18H21ClN4O4S2/c1-23(5-2-6-24)29(26,27)17-9-16-15(8-14(17)19)22-18(28-16)21-10-12-3-4-20-13(7-12)11-25/h3-4,7-9,24-25H,2,5-6,10-11H2,1H3,(H,21,22). The summed E-state index contributed by atoms with van der Waals surface area (Å²) in [5.41, 5.74) is 2.13. The van der Waals surface area contributed by atoms with Crippen LogP contribution in [0.25, 0.3) is 10.2 Å². The van der Waals surface area contributed by atoms with E-state index in [1.54, 1.807) is 18.3 Å². The first-order valence-corrected chi connectivity index (χ1v) is 11.4. The summed E-state index contributed by atoms with van der Waals surface area (Å²) in [6.45, 7) is 0.466. The monoisotopic (exact) mass is 456 g/mol. The van der Waals surface area contributed by atoms with Crippen molar-refractivity contribution in [1.29, 1.82) is 0 Å². The van der Waals surface area contributed by atoms with Gasteiger partial charge in [-0.3, -0.25) is 4.98 Å². The number of hydrogen-bond acceptors (Lipinski definition) is 8. The Morgan fingerprint density at radius 3 is 2.79 bits per heavy atom. The summed E-state index contributed by atoms with van der Waals surface area (Å²) < 4.78 is 27.4. The van der Waals surface area contributed by atoms with E-state index in [1.165, 1.54) is 28.8 Å². The topological polar surface area (TPSA) is 116 Å². The fraction of sp³-hybridized carbons (Fsp3) is 0.333. The molecule has 0 aliphatic rings. The van der Waals surface area contributed by atoms with Crippen molar-refractivity contribution in [2.24, 2.45) is 0 Å². The number of rotatable bonds is 9. The summed E-state index contributed by atoms with van der Waals surface area (Å²) in [6, 6.07) is 6.70. The van der Waals surface area contributed by atoms with Gasteiger partial charge in [-0.05, 0) is 36.2 Å². The molecule has 3 rings (SSSR count). The van der Waals surface area contributed by atoms with Gasteiger partial charge in [-0.15, -0.1) is 0 Å². The maximum atomic E-state index is 12.8. The maximum Gasteiger partial charge on any atom is 0.244 e. The number of fused-ring (bicyclic) bond motifs is 1. The van der Waals surface area contributed by atoms with E-state index in [1.807, 2.05) is 6.07 Å². The number of halogens is 1. The van der Waals surface area contributed by atoms with Crippen LogP contribution in [0.4, 0.5) is 5.13 Å². The van der Waals surface area contributed by atoms with E-state index in [0.29, 0.717) is 34.0 Å². The SMILES string of the molecule is CN(CCCO)S(=O)(=O)c1cc2sc(NCc3ccnc(CO)c3)nc2cc1Cl. The van der Waals surface area contributed by atoms with Gasteiger partial charge in [-0.25, -0.2) is 17.7 Å². The molecule has 29 heavy (non-hydrogen) atoms. The average Bonchev–Trinajstić information content (AvgIpc) is 3.11. The number of pyridine rings is 1. The number of thiazole rings is 1. The van der Waals surface area contributed by atoms with E-state index < -0.39 is 10.0 Å². The van der Waals surface area contributed by atoms with Crippen LogP contribution >= 0.6 is 22.9 Å². The molecule has 2 heterocycles. The molecule has 156 valence electrons. The van der Waals surface area contributed by atoms with Gasteiger partial charge in [0.15, 0.2) is 5.13 Å². The van der Waals surface area contributed by atoms with Gasteiger partial charge < -0.3 is 15.5 Å². The lowest BCUT2D eigenvalue weighted by Gasteiger charge is -2.17. The number of aliphatic hydroxyl groups excluding tert-OH is 2. The average molecular weight is 457 g/mol. The van der Waals surface area contributed by atoms with Crippen molar-refractivity contribution in [1.82, 2.24) is 14.3 Å². The fourth-order valence-electron chi connectivity index (χ4n) is 2.69. The van der Waals surface area contributed by atoms with Gasteiger partial charge in [0, 0.05) is 32.9 Å². The normalized spacial score (nSPS) is 12.0. The van der Waals surface area contributed by atoms with Crippen molar-refractivity contribution in [2.45, 2.75) is 24.5 Å². The minimum absolute atomic E-state index is 0.0176. The molecule has 0 fully saturated rings. The molecule has 3 N–H and O–H groups in total. The van der Waals surface area contributed by atoms with Crippen LogP contribution in [-0.4, -0.2) is 53.1 Å². The van der Waals surface area contributed by atoms with Gasteiger partial charge in [-0.2, -0.15) is 0 Å². The van der Waals surface area contributed by atoms with Gasteiger partial charge in [0.1, 0.15) is 4.90 Å². The maximum absolute atomic E-state index is 12.8. The molecular weight excluding hydrogens is 436 g/mol. The Bertz CT molecular complexity index is 1100. The predicted octanol–water partition coefficient (Wildman–Crippen LogP) is 2.45.